The Morgan fingerprint density at radius 3 is 2.73 bits per heavy atom. The summed E-state index contributed by atoms with van der Waals surface area (Å²) >= 11 is 7.82. The van der Waals surface area contributed by atoms with Gasteiger partial charge < -0.3 is 25.7 Å². The van der Waals surface area contributed by atoms with Crippen LogP contribution in [0.4, 0.5) is 5.95 Å². The Kier molecular flexibility index (Phi) is 8.43. The van der Waals surface area contributed by atoms with Crippen molar-refractivity contribution in [1.82, 2.24) is 20.2 Å². The van der Waals surface area contributed by atoms with E-state index in [1.165, 1.54) is 17.5 Å². The number of benzene rings is 1. The van der Waals surface area contributed by atoms with Crippen molar-refractivity contribution in [3.8, 4) is 10.6 Å². The minimum absolute atomic E-state index is 0.0746. The Morgan fingerprint density at radius 2 is 2.03 bits per heavy atom. The number of halogens is 1. The lowest BCUT2D eigenvalue weighted by atomic mass is 10.0. The van der Waals surface area contributed by atoms with E-state index in [0.29, 0.717) is 35.2 Å². The van der Waals surface area contributed by atoms with Crippen LogP contribution in [0.2, 0.25) is 5.02 Å². The summed E-state index contributed by atoms with van der Waals surface area (Å²) in [6.45, 7) is 5.51. The number of rotatable bonds is 9. The van der Waals surface area contributed by atoms with Gasteiger partial charge in [0.05, 0.1) is 40.9 Å². The van der Waals surface area contributed by atoms with E-state index >= 15 is 0 Å². The molecule has 1 aliphatic heterocycles. The van der Waals surface area contributed by atoms with Gasteiger partial charge in [-0.25, -0.2) is 9.97 Å². The minimum atomic E-state index is -0.721. The second-order valence-corrected chi connectivity index (χ2v) is 10.7. The van der Waals surface area contributed by atoms with Crippen LogP contribution < -0.4 is 10.6 Å². The first-order valence-corrected chi connectivity index (χ1v) is 13.2. The summed E-state index contributed by atoms with van der Waals surface area (Å²) in [7, 11) is 0. The van der Waals surface area contributed by atoms with Gasteiger partial charge in [0.2, 0.25) is 11.9 Å². The molecule has 0 radical (unpaired) electrons. The third-order valence-electron chi connectivity index (χ3n) is 6.30. The lowest BCUT2D eigenvalue weighted by Gasteiger charge is -2.32. The Morgan fingerprint density at radius 1 is 1.24 bits per heavy atom. The normalized spacial score (nSPS) is 15.6. The summed E-state index contributed by atoms with van der Waals surface area (Å²) in [5.41, 5.74) is 2.86. The third kappa shape index (κ3) is 5.93. The van der Waals surface area contributed by atoms with E-state index in [4.69, 9.17) is 11.6 Å². The molecule has 11 heteroatoms. The van der Waals surface area contributed by atoms with Crippen molar-refractivity contribution in [2.75, 3.05) is 25.1 Å². The molecule has 3 aromatic rings. The highest BCUT2D eigenvalue weighted by atomic mass is 35.5. The van der Waals surface area contributed by atoms with E-state index in [9.17, 15) is 19.8 Å². The molecule has 0 bridgehead atoms. The molecular weight excluding hydrogens is 514 g/mol. The van der Waals surface area contributed by atoms with E-state index in [0.717, 1.165) is 20.9 Å². The molecule has 1 aromatic carbocycles. The topological polar surface area (TPSA) is 128 Å². The van der Waals surface area contributed by atoms with E-state index in [-0.39, 0.29) is 31.1 Å². The number of nitrogens with one attached hydrogen (secondary N) is 2. The number of aromatic nitrogens is 2. The van der Waals surface area contributed by atoms with Gasteiger partial charge in [0.25, 0.3) is 5.91 Å². The number of aliphatic hydroxyl groups is 2. The molecular formula is C26H30ClN5O4S. The van der Waals surface area contributed by atoms with Crippen molar-refractivity contribution in [2.45, 2.75) is 45.3 Å². The number of amides is 2. The van der Waals surface area contributed by atoms with Crippen molar-refractivity contribution in [2.24, 2.45) is 0 Å². The highest BCUT2D eigenvalue weighted by Gasteiger charge is 2.34. The van der Waals surface area contributed by atoms with Crippen LogP contribution in [0, 0.1) is 6.92 Å². The number of nitrogens with zero attached hydrogens (tertiary/aromatic N) is 3. The smallest absolute Gasteiger partial charge is 0.255 e. The molecule has 4 N–H and O–H groups in total. The maximum Gasteiger partial charge on any atom is 0.255 e. The highest BCUT2D eigenvalue weighted by molar-refractivity contribution is 7.16. The molecule has 37 heavy (non-hydrogen) atoms. The molecule has 2 amide bonds. The summed E-state index contributed by atoms with van der Waals surface area (Å²) < 4.78 is 0. The van der Waals surface area contributed by atoms with Crippen LogP contribution in [0.1, 0.15) is 46.3 Å². The lowest BCUT2D eigenvalue weighted by Crippen LogP contribution is -2.51. The van der Waals surface area contributed by atoms with Gasteiger partial charge in [-0.05, 0) is 32.4 Å². The van der Waals surface area contributed by atoms with Crippen LogP contribution >= 0.6 is 22.9 Å². The molecule has 9 nitrogen and oxygen atoms in total. The fourth-order valence-corrected chi connectivity index (χ4v) is 5.58. The highest BCUT2D eigenvalue weighted by Crippen LogP contribution is 2.37. The fraction of sp³-hybridized carbons (Fsp3) is 0.385. The molecule has 0 aliphatic carbocycles. The molecule has 196 valence electrons. The van der Waals surface area contributed by atoms with Gasteiger partial charge in [0, 0.05) is 23.9 Å². The monoisotopic (exact) mass is 543 g/mol. The van der Waals surface area contributed by atoms with Gasteiger partial charge in [0.15, 0.2) is 0 Å². The molecule has 4 rings (SSSR count). The number of fused-ring (bicyclic) bond motifs is 1. The first-order valence-electron chi connectivity index (χ1n) is 12.0. The number of hydrogen-bond donors (Lipinski definition) is 4. The van der Waals surface area contributed by atoms with Crippen molar-refractivity contribution >= 4 is 40.7 Å². The largest absolute Gasteiger partial charge is 0.394 e. The maximum atomic E-state index is 13.4. The summed E-state index contributed by atoms with van der Waals surface area (Å²) in [6, 6.07) is 7.84. The Balaban J connectivity index is 1.51. The van der Waals surface area contributed by atoms with Crippen LogP contribution in [0.15, 0.2) is 36.5 Å². The SMILES string of the molecule is Cc1cccc([C@@H](CO)NC(=O)C(C)N2CCc3sc(-c4nc(NC(C)CO)ncc4Cl)cc3C2=O)c1. The van der Waals surface area contributed by atoms with Gasteiger partial charge in [-0.1, -0.05) is 41.4 Å². The van der Waals surface area contributed by atoms with Crippen LogP contribution in [-0.4, -0.2) is 68.7 Å². The molecule has 0 spiro atoms. The predicted molar refractivity (Wildman–Crippen MR) is 144 cm³/mol. The fourth-order valence-electron chi connectivity index (χ4n) is 4.19. The quantitative estimate of drug-likeness (QED) is 0.326. The van der Waals surface area contributed by atoms with Gasteiger partial charge in [-0.2, -0.15) is 0 Å². The van der Waals surface area contributed by atoms with E-state index in [2.05, 4.69) is 20.6 Å². The Bertz CT molecular complexity index is 1300. The standard InChI is InChI=1S/C26H30ClN5O4S/c1-14-5-4-6-17(9-14)20(13-34)30-24(35)16(3)32-8-7-21-18(25(32)36)10-22(37-21)23-19(27)11-28-26(31-23)29-15(2)12-33/h4-6,9-11,15-16,20,33-34H,7-8,12-13H2,1-3H3,(H,30,35)(H,28,29,31)/t15?,16?,20-/m1/s1. The van der Waals surface area contributed by atoms with Crippen molar-refractivity contribution in [1.29, 1.82) is 0 Å². The number of thiophene rings is 1. The van der Waals surface area contributed by atoms with Crippen LogP contribution in [-0.2, 0) is 11.2 Å². The summed E-state index contributed by atoms with van der Waals surface area (Å²) in [5.74, 6) is -0.238. The molecule has 0 saturated carbocycles. The van der Waals surface area contributed by atoms with Crippen molar-refractivity contribution < 1.29 is 19.8 Å². The number of aryl methyl sites for hydroxylation is 1. The minimum Gasteiger partial charge on any atom is -0.394 e. The summed E-state index contributed by atoms with van der Waals surface area (Å²) in [6.07, 6.45) is 2.08. The van der Waals surface area contributed by atoms with Gasteiger partial charge in [0.1, 0.15) is 11.7 Å². The molecule has 2 aromatic heterocycles. The van der Waals surface area contributed by atoms with Crippen molar-refractivity contribution in [3.63, 3.8) is 0 Å². The molecule has 0 fully saturated rings. The summed E-state index contributed by atoms with van der Waals surface area (Å²) in [4.78, 5) is 38.3. The Labute approximate surface area is 224 Å². The van der Waals surface area contributed by atoms with E-state index < -0.39 is 12.1 Å². The molecule has 3 heterocycles. The van der Waals surface area contributed by atoms with Gasteiger partial charge in [-0.15, -0.1) is 11.3 Å². The number of hydrogen-bond acceptors (Lipinski definition) is 8. The average molecular weight is 544 g/mol. The molecule has 2 unspecified atom stereocenters. The van der Waals surface area contributed by atoms with Gasteiger partial charge >= 0.3 is 0 Å². The number of anilines is 1. The third-order valence-corrected chi connectivity index (χ3v) is 7.78. The first-order chi connectivity index (χ1) is 17.7. The lowest BCUT2D eigenvalue weighted by molar-refractivity contribution is -0.126. The molecule has 1 aliphatic rings. The predicted octanol–water partition coefficient (Wildman–Crippen LogP) is 3.20. The second kappa shape index (κ2) is 11.6. The second-order valence-electron chi connectivity index (χ2n) is 9.15. The Hall–Kier alpha value is -3.05. The van der Waals surface area contributed by atoms with E-state index in [1.807, 2.05) is 31.2 Å². The van der Waals surface area contributed by atoms with Crippen LogP contribution in [0.25, 0.3) is 10.6 Å². The zero-order valence-electron chi connectivity index (χ0n) is 20.9. The van der Waals surface area contributed by atoms with Crippen LogP contribution in [0.5, 0.6) is 0 Å². The van der Waals surface area contributed by atoms with Gasteiger partial charge in [-0.3, -0.25) is 9.59 Å². The zero-order chi connectivity index (χ0) is 26.7. The van der Waals surface area contributed by atoms with Crippen LogP contribution in [0.3, 0.4) is 0 Å². The number of aliphatic hydroxyl groups excluding tert-OH is 2. The van der Waals surface area contributed by atoms with Crippen molar-refractivity contribution in [3.05, 3.63) is 63.1 Å². The number of carbonyl (C=O) groups excluding carboxylic acids is 2. The maximum absolute atomic E-state index is 13.4. The number of carbonyl (C=O) groups is 2. The molecule has 3 atom stereocenters. The average Bonchev–Trinajstić information content (AvgIpc) is 3.33. The molecule has 0 saturated heterocycles. The van der Waals surface area contributed by atoms with E-state index in [1.54, 1.807) is 24.8 Å². The zero-order valence-corrected chi connectivity index (χ0v) is 22.4. The summed E-state index contributed by atoms with van der Waals surface area (Å²) in [5, 5.41) is 25.4. The first kappa shape index (κ1) is 27.0.